The average molecular weight is 640 g/mol. The molecule has 5 nitrogen and oxygen atoms in total. The van der Waals surface area contributed by atoms with Crippen LogP contribution in [0.25, 0.3) is 60.7 Å². The second kappa shape index (κ2) is 11.7. The van der Waals surface area contributed by atoms with E-state index >= 15 is 0 Å². The normalized spacial score (nSPS) is 15.3. The summed E-state index contributed by atoms with van der Waals surface area (Å²) in [6.07, 6.45) is 11.3. The van der Waals surface area contributed by atoms with Crippen molar-refractivity contribution in [1.82, 2.24) is 9.13 Å². The highest BCUT2D eigenvalue weighted by molar-refractivity contribution is 6.08. The van der Waals surface area contributed by atoms with Crippen LogP contribution in [0, 0.1) is 34.0 Å². The van der Waals surface area contributed by atoms with Crippen LogP contribution in [0.2, 0.25) is 0 Å². The van der Waals surface area contributed by atoms with E-state index in [0.717, 1.165) is 63.8 Å². The van der Waals surface area contributed by atoms with Crippen molar-refractivity contribution in [3.05, 3.63) is 161 Å². The lowest BCUT2D eigenvalue weighted by Crippen LogP contribution is -2.08. The van der Waals surface area contributed by atoms with E-state index in [-0.39, 0.29) is 6.04 Å². The van der Waals surface area contributed by atoms with Crippen LogP contribution in [0.4, 0.5) is 0 Å². The largest absolute Gasteiger partial charge is 0.333 e. The minimum atomic E-state index is 0.207. The zero-order valence-corrected chi connectivity index (χ0v) is 27.1. The third-order valence-corrected chi connectivity index (χ3v) is 10.2. The van der Waals surface area contributed by atoms with Crippen LogP contribution >= 0.6 is 0 Å². The number of nitrogens with zero attached hydrogens (tertiary/aromatic N) is 5. The lowest BCUT2D eigenvalue weighted by molar-refractivity contribution is 0.649. The molecule has 2 heterocycles. The summed E-state index contributed by atoms with van der Waals surface area (Å²) in [5, 5.41) is 33.2. The van der Waals surface area contributed by atoms with Crippen molar-refractivity contribution in [3.63, 3.8) is 0 Å². The third kappa shape index (κ3) is 4.51. The molecule has 0 fully saturated rings. The zero-order chi connectivity index (χ0) is 33.8. The van der Waals surface area contributed by atoms with Gasteiger partial charge in [-0.15, -0.1) is 0 Å². The molecule has 50 heavy (non-hydrogen) atoms. The second-order valence-corrected chi connectivity index (χ2v) is 12.9. The molecule has 0 amide bonds. The van der Waals surface area contributed by atoms with Crippen LogP contribution in [0.1, 0.15) is 46.8 Å². The van der Waals surface area contributed by atoms with Gasteiger partial charge in [0.2, 0.25) is 0 Å². The van der Waals surface area contributed by atoms with Crippen molar-refractivity contribution in [2.75, 3.05) is 0 Å². The van der Waals surface area contributed by atoms with Crippen LogP contribution in [-0.4, -0.2) is 9.13 Å². The van der Waals surface area contributed by atoms with Crippen molar-refractivity contribution >= 4 is 43.9 Å². The Balaban J connectivity index is 1.14. The second-order valence-electron chi connectivity index (χ2n) is 12.9. The molecule has 2 aliphatic carbocycles. The number of rotatable bonds is 4. The number of allylic oxidation sites excluding steroid dienone is 6. The van der Waals surface area contributed by atoms with E-state index < -0.39 is 0 Å². The standard InChI is InChI=1S/C45H29N5/c46-26-29-16-22-42-39(23-29)45-34(28-48)9-6-14-43(45)50(42)44-24-30(27-47)15-21-36(44)33-8-5-7-32(25-33)31-17-19-35(20-18-31)49-40-12-3-1-10-37(40)38-11-2-4-13-41(38)49/h1-5,7-13,15-19,21-25,35H,6,14,20H2/t35-/m1/s1. The molecule has 0 unspecified atom stereocenters. The summed E-state index contributed by atoms with van der Waals surface area (Å²) in [7, 11) is 0. The number of nitriles is 3. The van der Waals surface area contributed by atoms with Gasteiger partial charge in [-0.2, -0.15) is 15.8 Å². The van der Waals surface area contributed by atoms with Gasteiger partial charge in [0.25, 0.3) is 0 Å². The predicted molar refractivity (Wildman–Crippen MR) is 200 cm³/mol. The summed E-state index contributed by atoms with van der Waals surface area (Å²) in [6.45, 7) is 0. The molecule has 0 spiro atoms. The molecule has 0 bridgehead atoms. The van der Waals surface area contributed by atoms with Gasteiger partial charge in [0.05, 0.1) is 52.2 Å². The van der Waals surface area contributed by atoms with Gasteiger partial charge >= 0.3 is 0 Å². The van der Waals surface area contributed by atoms with Crippen LogP contribution in [0.15, 0.2) is 133 Å². The first-order valence-electron chi connectivity index (χ1n) is 16.9. The molecule has 234 valence electrons. The monoisotopic (exact) mass is 639 g/mol. The first-order chi connectivity index (χ1) is 24.7. The molecule has 5 aromatic carbocycles. The Hall–Kier alpha value is -6.87. The number of aromatic nitrogens is 2. The highest BCUT2D eigenvalue weighted by Crippen LogP contribution is 2.42. The highest BCUT2D eigenvalue weighted by atomic mass is 15.0. The fourth-order valence-electron chi connectivity index (χ4n) is 8.00. The van der Waals surface area contributed by atoms with Gasteiger partial charge in [-0.3, -0.25) is 0 Å². The molecule has 0 radical (unpaired) electrons. The van der Waals surface area contributed by atoms with E-state index in [9.17, 15) is 15.8 Å². The van der Waals surface area contributed by atoms with Crippen LogP contribution in [-0.2, 0) is 6.42 Å². The Morgan fingerprint density at radius 3 is 2.06 bits per heavy atom. The number of fused-ring (bicyclic) bond motifs is 6. The van der Waals surface area contributed by atoms with E-state index in [1.54, 1.807) is 0 Å². The molecule has 5 heteroatoms. The quantitative estimate of drug-likeness (QED) is 0.192. The summed E-state index contributed by atoms with van der Waals surface area (Å²) < 4.78 is 4.66. The lowest BCUT2D eigenvalue weighted by Gasteiger charge is -2.21. The topological polar surface area (TPSA) is 81.2 Å². The van der Waals surface area contributed by atoms with Gasteiger partial charge in [0.15, 0.2) is 0 Å². The zero-order valence-electron chi connectivity index (χ0n) is 27.1. The SMILES string of the molecule is N#CC1=CCCc2c1c1cc(C#N)ccc1n2-c1cc(C#N)ccc1-c1cccc(C2=CC[C@H](n3c4ccccc4c4ccccc43)C=C2)c1. The molecule has 7 aromatic rings. The molecule has 0 N–H and O–H groups in total. The molecular weight excluding hydrogens is 611 g/mol. The van der Waals surface area contributed by atoms with Gasteiger partial charge in [0, 0.05) is 44.0 Å². The van der Waals surface area contributed by atoms with Crippen molar-refractivity contribution in [2.24, 2.45) is 0 Å². The van der Waals surface area contributed by atoms with E-state index in [1.165, 1.54) is 27.4 Å². The number of benzene rings is 5. The van der Waals surface area contributed by atoms with E-state index in [2.05, 4.69) is 118 Å². The molecule has 2 aliphatic rings. The van der Waals surface area contributed by atoms with Gasteiger partial charge in [-0.25, -0.2) is 0 Å². The molecule has 0 saturated carbocycles. The Morgan fingerprint density at radius 2 is 1.34 bits per heavy atom. The molecular formula is C45H29N5. The smallest absolute Gasteiger partial charge is 0.0995 e. The maximum atomic E-state index is 10.1. The van der Waals surface area contributed by atoms with Crippen molar-refractivity contribution in [3.8, 4) is 35.0 Å². The molecule has 9 rings (SSSR count). The maximum absolute atomic E-state index is 10.1. The van der Waals surface area contributed by atoms with Crippen molar-refractivity contribution in [2.45, 2.75) is 25.3 Å². The summed E-state index contributed by atoms with van der Waals surface area (Å²) in [4.78, 5) is 0. The minimum absolute atomic E-state index is 0.207. The maximum Gasteiger partial charge on any atom is 0.0995 e. The van der Waals surface area contributed by atoms with E-state index in [1.807, 2.05) is 42.5 Å². The first kappa shape index (κ1) is 29.3. The predicted octanol–water partition coefficient (Wildman–Crippen LogP) is 10.6. The first-order valence-corrected chi connectivity index (χ1v) is 16.9. The fourth-order valence-corrected chi connectivity index (χ4v) is 8.00. The van der Waals surface area contributed by atoms with Crippen LogP contribution in [0.5, 0.6) is 0 Å². The number of hydrogen-bond donors (Lipinski definition) is 0. The van der Waals surface area contributed by atoms with Crippen molar-refractivity contribution < 1.29 is 0 Å². The summed E-state index contributed by atoms with van der Waals surface area (Å²) >= 11 is 0. The molecule has 1 atom stereocenters. The van der Waals surface area contributed by atoms with Crippen LogP contribution in [0.3, 0.4) is 0 Å². The fraction of sp³-hybridized carbons (Fsp3) is 0.0889. The van der Waals surface area contributed by atoms with E-state index in [0.29, 0.717) is 16.7 Å². The Morgan fingerprint density at radius 1 is 0.620 bits per heavy atom. The van der Waals surface area contributed by atoms with Gasteiger partial charge in [-0.05, 0) is 84.5 Å². The van der Waals surface area contributed by atoms with Gasteiger partial charge < -0.3 is 9.13 Å². The number of hydrogen-bond acceptors (Lipinski definition) is 3. The Kier molecular flexibility index (Phi) is 6.84. The summed E-state index contributed by atoms with van der Waals surface area (Å²) in [6, 6.07) is 44.6. The van der Waals surface area contributed by atoms with Gasteiger partial charge in [0.1, 0.15) is 0 Å². The molecule has 0 aliphatic heterocycles. The molecule has 2 aromatic heterocycles. The third-order valence-electron chi connectivity index (χ3n) is 10.2. The van der Waals surface area contributed by atoms with Crippen molar-refractivity contribution in [1.29, 1.82) is 15.8 Å². The average Bonchev–Trinajstić information content (AvgIpc) is 3.70. The summed E-state index contributed by atoms with van der Waals surface area (Å²) in [5.74, 6) is 0. The summed E-state index contributed by atoms with van der Waals surface area (Å²) in [5.41, 5.74) is 12.3. The minimum Gasteiger partial charge on any atom is -0.333 e. The lowest BCUT2D eigenvalue weighted by atomic mass is 9.93. The molecule has 0 saturated heterocycles. The van der Waals surface area contributed by atoms with Gasteiger partial charge in [-0.1, -0.05) is 85.0 Å². The highest BCUT2D eigenvalue weighted by Gasteiger charge is 2.26. The number of para-hydroxylation sites is 2. The Labute approximate surface area is 289 Å². The Bertz CT molecular complexity index is 2730. The van der Waals surface area contributed by atoms with Crippen LogP contribution < -0.4 is 0 Å². The van der Waals surface area contributed by atoms with E-state index in [4.69, 9.17) is 0 Å².